The molecule has 0 radical (unpaired) electrons. The van der Waals surface area contributed by atoms with E-state index in [1.54, 1.807) is 11.3 Å². The molecule has 1 saturated heterocycles. The molecular weight excluding hydrogens is 156 g/mol. The van der Waals surface area contributed by atoms with Gasteiger partial charge in [0.2, 0.25) is 0 Å². The Bertz CT molecular complexity index is 202. The lowest BCUT2D eigenvalue weighted by Gasteiger charge is -2.23. The van der Waals surface area contributed by atoms with E-state index in [-0.39, 0.29) is 0 Å². The second-order valence-corrected chi connectivity index (χ2v) is 3.55. The number of nitrogens with one attached hydrogen (secondary N) is 2. The topological polar surface area (TPSA) is 24.1 Å². The smallest absolute Gasteiger partial charge is 0.0455 e. The molecule has 0 spiro atoms. The van der Waals surface area contributed by atoms with E-state index in [0.29, 0.717) is 6.04 Å². The van der Waals surface area contributed by atoms with Gasteiger partial charge in [-0.1, -0.05) is 0 Å². The maximum atomic E-state index is 3.47. The van der Waals surface area contributed by atoms with Crippen LogP contribution in [0.3, 0.4) is 0 Å². The van der Waals surface area contributed by atoms with Crippen molar-refractivity contribution < 1.29 is 0 Å². The van der Waals surface area contributed by atoms with Crippen molar-refractivity contribution in [2.45, 2.75) is 6.04 Å². The van der Waals surface area contributed by atoms with E-state index in [9.17, 15) is 0 Å². The van der Waals surface area contributed by atoms with Crippen molar-refractivity contribution >= 4 is 11.3 Å². The summed E-state index contributed by atoms with van der Waals surface area (Å²) >= 11 is 1.77. The summed E-state index contributed by atoms with van der Waals surface area (Å²) in [4.78, 5) is 0. The van der Waals surface area contributed by atoms with Gasteiger partial charge in [-0.2, -0.15) is 11.3 Å². The van der Waals surface area contributed by atoms with E-state index in [1.807, 2.05) is 0 Å². The lowest BCUT2D eigenvalue weighted by molar-refractivity contribution is 0.431. The Labute approximate surface area is 70.6 Å². The second-order valence-electron chi connectivity index (χ2n) is 2.77. The zero-order valence-electron chi connectivity index (χ0n) is 6.34. The van der Waals surface area contributed by atoms with Gasteiger partial charge in [-0.05, 0) is 22.4 Å². The van der Waals surface area contributed by atoms with Crippen LogP contribution in [0.25, 0.3) is 0 Å². The third kappa shape index (κ3) is 1.61. The Balaban J connectivity index is 2.04. The van der Waals surface area contributed by atoms with Crippen LogP contribution in [-0.4, -0.2) is 19.6 Å². The molecule has 1 aromatic heterocycles. The molecule has 0 aliphatic carbocycles. The standard InChI is InChI=1S/C8H12N2S/c1-4-11-6-7(1)8-5-9-2-3-10-8/h1,4,6,8-10H,2-3,5H2/t8-/m0/s1. The van der Waals surface area contributed by atoms with Crippen LogP contribution in [0.1, 0.15) is 11.6 Å². The Morgan fingerprint density at radius 1 is 1.45 bits per heavy atom. The van der Waals surface area contributed by atoms with E-state index in [4.69, 9.17) is 0 Å². The maximum absolute atomic E-state index is 3.47. The van der Waals surface area contributed by atoms with Gasteiger partial charge in [0.1, 0.15) is 0 Å². The zero-order chi connectivity index (χ0) is 7.52. The minimum atomic E-state index is 0.537. The molecule has 0 amide bonds. The molecule has 1 fully saturated rings. The van der Waals surface area contributed by atoms with Crippen LogP contribution in [0, 0.1) is 0 Å². The molecule has 2 heterocycles. The molecule has 2 N–H and O–H groups in total. The number of hydrogen-bond acceptors (Lipinski definition) is 3. The van der Waals surface area contributed by atoms with Crippen LogP contribution >= 0.6 is 11.3 Å². The number of hydrogen-bond donors (Lipinski definition) is 2. The predicted octanol–water partition coefficient (Wildman–Crippen LogP) is 0.982. The van der Waals surface area contributed by atoms with Crippen LogP contribution in [0.15, 0.2) is 16.8 Å². The van der Waals surface area contributed by atoms with Crippen molar-refractivity contribution in [3.05, 3.63) is 22.4 Å². The number of rotatable bonds is 1. The monoisotopic (exact) mass is 168 g/mol. The fraction of sp³-hybridized carbons (Fsp3) is 0.500. The Morgan fingerprint density at radius 3 is 3.09 bits per heavy atom. The summed E-state index contributed by atoms with van der Waals surface area (Å²) in [6.45, 7) is 3.25. The third-order valence-electron chi connectivity index (χ3n) is 1.99. The molecule has 1 aliphatic rings. The molecule has 1 aliphatic heterocycles. The van der Waals surface area contributed by atoms with Gasteiger partial charge in [-0.3, -0.25) is 0 Å². The molecule has 11 heavy (non-hydrogen) atoms. The average Bonchev–Trinajstić information content (AvgIpc) is 2.58. The summed E-state index contributed by atoms with van der Waals surface area (Å²) in [5.41, 5.74) is 1.42. The quantitative estimate of drug-likeness (QED) is 0.653. The summed E-state index contributed by atoms with van der Waals surface area (Å²) in [6, 6.07) is 2.73. The normalized spacial score (nSPS) is 25.3. The van der Waals surface area contributed by atoms with Crippen molar-refractivity contribution in [1.82, 2.24) is 10.6 Å². The van der Waals surface area contributed by atoms with Gasteiger partial charge in [-0.25, -0.2) is 0 Å². The highest BCUT2D eigenvalue weighted by molar-refractivity contribution is 7.07. The SMILES string of the molecule is c1cc([C@@H]2CNCCN2)cs1. The molecule has 60 valence electrons. The van der Waals surface area contributed by atoms with Crippen LogP contribution in [-0.2, 0) is 0 Å². The molecular formula is C8H12N2S. The van der Waals surface area contributed by atoms with Gasteiger partial charge in [-0.15, -0.1) is 0 Å². The molecule has 0 unspecified atom stereocenters. The first-order valence-electron chi connectivity index (χ1n) is 3.93. The molecule has 0 bridgehead atoms. The van der Waals surface area contributed by atoms with E-state index < -0.39 is 0 Å². The van der Waals surface area contributed by atoms with Crippen molar-refractivity contribution in [3.8, 4) is 0 Å². The van der Waals surface area contributed by atoms with Gasteiger partial charge in [0, 0.05) is 25.7 Å². The summed E-state index contributed by atoms with van der Waals surface area (Å²) in [5, 5.41) is 11.2. The van der Waals surface area contributed by atoms with E-state index >= 15 is 0 Å². The highest BCUT2D eigenvalue weighted by Gasteiger charge is 2.13. The van der Waals surface area contributed by atoms with Gasteiger partial charge >= 0.3 is 0 Å². The highest BCUT2D eigenvalue weighted by atomic mass is 32.1. The van der Waals surface area contributed by atoms with Crippen molar-refractivity contribution in [2.24, 2.45) is 0 Å². The Hall–Kier alpha value is -0.380. The fourth-order valence-electron chi connectivity index (χ4n) is 1.36. The fourth-order valence-corrected chi connectivity index (χ4v) is 2.08. The highest BCUT2D eigenvalue weighted by Crippen LogP contribution is 2.16. The summed E-state index contributed by atoms with van der Waals surface area (Å²) < 4.78 is 0. The minimum absolute atomic E-state index is 0.537. The summed E-state index contributed by atoms with van der Waals surface area (Å²) in [6.07, 6.45) is 0. The predicted molar refractivity (Wildman–Crippen MR) is 47.9 cm³/mol. The molecule has 1 aromatic rings. The molecule has 3 heteroatoms. The Kier molecular flexibility index (Phi) is 2.21. The molecule has 0 aromatic carbocycles. The zero-order valence-corrected chi connectivity index (χ0v) is 7.16. The first kappa shape index (κ1) is 7.28. The molecule has 0 saturated carbocycles. The van der Waals surface area contributed by atoms with Crippen molar-refractivity contribution in [3.63, 3.8) is 0 Å². The summed E-state index contributed by atoms with van der Waals surface area (Å²) in [5.74, 6) is 0. The van der Waals surface area contributed by atoms with Gasteiger partial charge in [0.05, 0.1) is 0 Å². The second kappa shape index (κ2) is 3.34. The van der Waals surface area contributed by atoms with Crippen LogP contribution < -0.4 is 10.6 Å². The first-order valence-corrected chi connectivity index (χ1v) is 4.87. The lowest BCUT2D eigenvalue weighted by atomic mass is 10.1. The lowest BCUT2D eigenvalue weighted by Crippen LogP contribution is -2.42. The van der Waals surface area contributed by atoms with Gasteiger partial charge in [0.15, 0.2) is 0 Å². The number of thiophene rings is 1. The maximum Gasteiger partial charge on any atom is 0.0455 e. The van der Waals surface area contributed by atoms with Crippen molar-refractivity contribution in [1.29, 1.82) is 0 Å². The molecule has 2 rings (SSSR count). The van der Waals surface area contributed by atoms with Crippen molar-refractivity contribution in [2.75, 3.05) is 19.6 Å². The Morgan fingerprint density at radius 2 is 2.45 bits per heavy atom. The van der Waals surface area contributed by atoms with E-state index in [1.165, 1.54) is 5.56 Å². The molecule has 2 nitrogen and oxygen atoms in total. The first-order chi connectivity index (χ1) is 5.47. The van der Waals surface area contributed by atoms with E-state index in [0.717, 1.165) is 19.6 Å². The van der Waals surface area contributed by atoms with Gasteiger partial charge < -0.3 is 10.6 Å². The minimum Gasteiger partial charge on any atom is -0.314 e. The van der Waals surface area contributed by atoms with Crippen LogP contribution in [0.5, 0.6) is 0 Å². The number of piperazine rings is 1. The largest absolute Gasteiger partial charge is 0.314 e. The average molecular weight is 168 g/mol. The van der Waals surface area contributed by atoms with Crippen LogP contribution in [0.2, 0.25) is 0 Å². The van der Waals surface area contributed by atoms with E-state index in [2.05, 4.69) is 27.5 Å². The summed E-state index contributed by atoms with van der Waals surface area (Å²) in [7, 11) is 0. The third-order valence-corrected chi connectivity index (χ3v) is 2.69. The molecule has 1 atom stereocenters. The van der Waals surface area contributed by atoms with Crippen LogP contribution in [0.4, 0.5) is 0 Å². The van der Waals surface area contributed by atoms with Gasteiger partial charge in [0.25, 0.3) is 0 Å².